The van der Waals surface area contributed by atoms with Gasteiger partial charge >= 0.3 is 0 Å². The number of rotatable bonds is 4. The minimum Gasteiger partial charge on any atom is -0.503 e. The van der Waals surface area contributed by atoms with Gasteiger partial charge < -0.3 is 5.11 Å². The van der Waals surface area contributed by atoms with E-state index in [4.69, 9.17) is 0 Å². The van der Waals surface area contributed by atoms with Crippen molar-refractivity contribution in [2.45, 2.75) is 19.9 Å². The fourth-order valence-corrected chi connectivity index (χ4v) is 5.78. The number of aliphatic hydroxyl groups excluding tert-OH is 1. The zero-order chi connectivity index (χ0) is 21.7. The van der Waals surface area contributed by atoms with Crippen LogP contribution in [0.2, 0.25) is 0 Å². The van der Waals surface area contributed by atoms with E-state index in [1.165, 1.54) is 22.7 Å². The highest BCUT2D eigenvalue weighted by atomic mass is 32.1. The molecular formula is C24H18N2O3S2. The van der Waals surface area contributed by atoms with E-state index >= 15 is 0 Å². The summed E-state index contributed by atoms with van der Waals surface area (Å²) in [5, 5.41) is 15.4. The van der Waals surface area contributed by atoms with Gasteiger partial charge in [-0.15, -0.1) is 22.7 Å². The largest absolute Gasteiger partial charge is 0.503 e. The van der Waals surface area contributed by atoms with Crippen molar-refractivity contribution in [2.24, 2.45) is 0 Å². The predicted molar refractivity (Wildman–Crippen MR) is 124 cm³/mol. The second kappa shape index (κ2) is 7.44. The highest BCUT2D eigenvalue weighted by Crippen LogP contribution is 2.45. The molecule has 1 unspecified atom stereocenters. The summed E-state index contributed by atoms with van der Waals surface area (Å²) in [6.07, 6.45) is 0. The second-order valence-corrected chi connectivity index (χ2v) is 9.51. The van der Waals surface area contributed by atoms with E-state index in [1.54, 1.807) is 11.8 Å². The molecule has 1 amide bonds. The maximum Gasteiger partial charge on any atom is 0.294 e. The van der Waals surface area contributed by atoms with E-state index in [2.05, 4.69) is 4.98 Å². The topological polar surface area (TPSA) is 70.5 Å². The maximum absolute atomic E-state index is 13.6. The lowest BCUT2D eigenvalue weighted by molar-refractivity contribution is -0.117. The van der Waals surface area contributed by atoms with Crippen LogP contribution in [0.15, 0.2) is 71.3 Å². The van der Waals surface area contributed by atoms with Gasteiger partial charge in [-0.2, -0.15) is 0 Å². The Kier molecular flexibility index (Phi) is 4.72. The van der Waals surface area contributed by atoms with Crippen LogP contribution in [0.4, 0.5) is 5.69 Å². The summed E-state index contributed by atoms with van der Waals surface area (Å²) in [6, 6.07) is 16.5. The number of amides is 1. The molecular weight excluding hydrogens is 428 g/mol. The van der Waals surface area contributed by atoms with Crippen molar-refractivity contribution < 1.29 is 14.7 Å². The molecule has 5 nitrogen and oxygen atoms in total. The predicted octanol–water partition coefficient (Wildman–Crippen LogP) is 5.76. The summed E-state index contributed by atoms with van der Waals surface area (Å²) in [5.41, 5.74) is 1.37. The number of carbonyl (C=O) groups is 2. The third-order valence-corrected chi connectivity index (χ3v) is 7.40. The van der Waals surface area contributed by atoms with Crippen LogP contribution in [-0.2, 0) is 4.79 Å². The first-order valence-electron chi connectivity index (χ1n) is 9.74. The highest BCUT2D eigenvalue weighted by molar-refractivity contribution is 7.14. The van der Waals surface area contributed by atoms with Crippen LogP contribution in [0.3, 0.4) is 0 Å². The lowest BCUT2D eigenvalue weighted by Crippen LogP contribution is -2.30. The number of hydrogen-bond donors (Lipinski definition) is 1. The van der Waals surface area contributed by atoms with Gasteiger partial charge in [-0.25, -0.2) is 4.98 Å². The first kappa shape index (κ1) is 19.7. The van der Waals surface area contributed by atoms with E-state index < -0.39 is 17.7 Å². The van der Waals surface area contributed by atoms with Gasteiger partial charge in [0, 0.05) is 10.3 Å². The number of Topliss-reactive ketones (excluding diaryl/α,β-unsaturated/α-hetero) is 1. The number of benzene rings is 2. The summed E-state index contributed by atoms with van der Waals surface area (Å²) in [5.74, 6) is -1.42. The van der Waals surface area contributed by atoms with Crippen LogP contribution in [0.25, 0.3) is 10.8 Å². The molecule has 7 heteroatoms. The van der Waals surface area contributed by atoms with E-state index in [0.29, 0.717) is 16.3 Å². The van der Waals surface area contributed by atoms with Crippen molar-refractivity contribution >= 4 is 50.8 Å². The SMILES string of the molecule is Cc1nc(C)c(C(=O)C2=C(O)C(=O)N(c3cccc4ccccc34)C2c2cccs2)s1. The molecule has 1 N–H and O–H groups in total. The van der Waals surface area contributed by atoms with Gasteiger partial charge in [0.2, 0.25) is 5.78 Å². The number of hydrogen-bond acceptors (Lipinski definition) is 6. The van der Waals surface area contributed by atoms with Crippen LogP contribution in [0, 0.1) is 13.8 Å². The molecule has 31 heavy (non-hydrogen) atoms. The third-order valence-electron chi connectivity index (χ3n) is 5.40. The number of ketones is 1. The monoisotopic (exact) mass is 446 g/mol. The van der Waals surface area contributed by atoms with E-state index in [9.17, 15) is 14.7 Å². The molecule has 154 valence electrons. The average Bonchev–Trinajstić information content (AvgIpc) is 3.47. The number of anilines is 1. The normalized spacial score (nSPS) is 16.5. The average molecular weight is 447 g/mol. The van der Waals surface area contributed by atoms with Crippen molar-refractivity contribution in [3.8, 4) is 0 Å². The molecule has 5 rings (SSSR count). The summed E-state index contributed by atoms with van der Waals surface area (Å²) in [4.78, 5) is 34.1. The fourth-order valence-electron chi connectivity index (χ4n) is 4.08. The Hall–Kier alpha value is -3.29. The number of aromatic nitrogens is 1. The number of thiophene rings is 1. The molecule has 2 aromatic carbocycles. The van der Waals surface area contributed by atoms with Crippen molar-refractivity contribution in [1.82, 2.24) is 4.98 Å². The van der Waals surface area contributed by atoms with Gasteiger partial charge in [0.05, 0.1) is 26.8 Å². The van der Waals surface area contributed by atoms with Gasteiger partial charge in [-0.05, 0) is 36.7 Å². The van der Waals surface area contributed by atoms with Crippen molar-refractivity contribution in [3.63, 3.8) is 0 Å². The van der Waals surface area contributed by atoms with Crippen LogP contribution in [-0.4, -0.2) is 21.8 Å². The third kappa shape index (κ3) is 3.08. The van der Waals surface area contributed by atoms with E-state index in [-0.39, 0.29) is 11.4 Å². The molecule has 0 saturated heterocycles. The Balaban J connectivity index is 1.72. The highest BCUT2D eigenvalue weighted by Gasteiger charge is 2.46. The van der Waals surface area contributed by atoms with Gasteiger partial charge in [0.15, 0.2) is 5.76 Å². The van der Waals surface area contributed by atoms with E-state index in [0.717, 1.165) is 20.7 Å². The van der Waals surface area contributed by atoms with Crippen molar-refractivity contribution in [2.75, 3.05) is 4.90 Å². The van der Waals surface area contributed by atoms with Gasteiger partial charge in [0.25, 0.3) is 5.91 Å². The van der Waals surface area contributed by atoms with Crippen LogP contribution in [0.5, 0.6) is 0 Å². The number of nitrogens with zero attached hydrogens (tertiary/aromatic N) is 2. The Morgan fingerprint density at radius 3 is 2.55 bits per heavy atom. The van der Waals surface area contributed by atoms with Crippen LogP contribution in [0.1, 0.15) is 31.3 Å². The van der Waals surface area contributed by atoms with Crippen molar-refractivity contribution in [1.29, 1.82) is 0 Å². The molecule has 0 spiro atoms. The Bertz CT molecular complexity index is 1360. The molecule has 0 radical (unpaired) electrons. The zero-order valence-electron chi connectivity index (χ0n) is 16.8. The second-order valence-electron chi connectivity index (χ2n) is 7.33. The maximum atomic E-state index is 13.6. The van der Waals surface area contributed by atoms with Crippen molar-refractivity contribution in [3.05, 3.63) is 91.8 Å². The van der Waals surface area contributed by atoms with Crippen LogP contribution >= 0.6 is 22.7 Å². The first-order valence-corrected chi connectivity index (χ1v) is 11.4. The molecule has 0 fully saturated rings. The number of carbonyl (C=O) groups excluding carboxylic acids is 2. The molecule has 1 aliphatic heterocycles. The van der Waals surface area contributed by atoms with Gasteiger partial charge in [-0.1, -0.05) is 42.5 Å². The molecule has 1 aliphatic rings. The zero-order valence-corrected chi connectivity index (χ0v) is 18.5. The summed E-state index contributed by atoms with van der Waals surface area (Å²) in [7, 11) is 0. The van der Waals surface area contributed by atoms with Gasteiger partial charge in [-0.3, -0.25) is 14.5 Å². The first-order chi connectivity index (χ1) is 15.0. The molecule has 0 aliphatic carbocycles. The minimum absolute atomic E-state index is 0.104. The molecule has 0 saturated carbocycles. The number of thiazole rings is 1. The molecule has 0 bridgehead atoms. The fraction of sp³-hybridized carbons (Fsp3) is 0.125. The smallest absolute Gasteiger partial charge is 0.294 e. The van der Waals surface area contributed by atoms with Crippen LogP contribution < -0.4 is 4.90 Å². The quantitative estimate of drug-likeness (QED) is 0.405. The molecule has 1 atom stereocenters. The summed E-state index contributed by atoms with van der Waals surface area (Å²) >= 11 is 2.73. The number of aryl methyl sites for hydroxylation is 2. The van der Waals surface area contributed by atoms with Gasteiger partial charge in [0.1, 0.15) is 6.04 Å². The summed E-state index contributed by atoms with van der Waals surface area (Å²) < 4.78 is 0. The standard InChI is InChI=1S/C24H18N2O3S2/c1-13-23(31-14(2)25-13)21(27)19-20(18-11-6-12-30-18)26(24(29)22(19)28)17-10-5-8-15-7-3-4-9-16(15)17/h3-12,20,28H,1-2H3. The molecule has 3 heterocycles. The minimum atomic E-state index is -0.701. The molecule has 2 aromatic heterocycles. The summed E-state index contributed by atoms with van der Waals surface area (Å²) in [6.45, 7) is 3.61. The lowest BCUT2D eigenvalue weighted by Gasteiger charge is -2.27. The number of aliphatic hydroxyl groups is 1. The Morgan fingerprint density at radius 1 is 1.06 bits per heavy atom. The number of fused-ring (bicyclic) bond motifs is 1. The Labute approximate surface area is 186 Å². The van der Waals surface area contributed by atoms with E-state index in [1.807, 2.05) is 66.9 Å². The molecule has 4 aromatic rings. The lowest BCUT2D eigenvalue weighted by atomic mass is 9.99. The Morgan fingerprint density at radius 2 is 1.84 bits per heavy atom.